The summed E-state index contributed by atoms with van der Waals surface area (Å²) in [6.45, 7) is 2.35. The van der Waals surface area contributed by atoms with Gasteiger partial charge in [0.2, 0.25) is 0 Å². The van der Waals surface area contributed by atoms with Crippen molar-refractivity contribution < 1.29 is 9.53 Å². The van der Waals surface area contributed by atoms with Crippen molar-refractivity contribution in [2.45, 2.75) is 13.5 Å². The van der Waals surface area contributed by atoms with Crippen molar-refractivity contribution in [2.75, 3.05) is 0 Å². The molecule has 8 heteroatoms. The van der Waals surface area contributed by atoms with Crippen molar-refractivity contribution in [1.82, 2.24) is 20.6 Å². The summed E-state index contributed by atoms with van der Waals surface area (Å²) in [5.41, 5.74) is 8.22. The highest BCUT2D eigenvalue weighted by Crippen LogP contribution is 2.23. The van der Waals surface area contributed by atoms with E-state index >= 15 is 0 Å². The van der Waals surface area contributed by atoms with E-state index in [1.54, 1.807) is 12.3 Å². The van der Waals surface area contributed by atoms with Gasteiger partial charge >= 0.3 is 0 Å². The van der Waals surface area contributed by atoms with Crippen molar-refractivity contribution >= 4 is 34.6 Å². The van der Waals surface area contributed by atoms with Gasteiger partial charge in [-0.15, -0.1) is 0 Å². The Hall–Kier alpha value is -4.36. The molecular weight excluding hydrogens is 462 g/mol. The molecule has 7 nitrogen and oxygen atoms in total. The highest BCUT2D eigenvalue weighted by molar-refractivity contribution is 6.31. The Morgan fingerprint density at radius 1 is 1.09 bits per heavy atom. The summed E-state index contributed by atoms with van der Waals surface area (Å²) in [6, 6.07) is 24.7. The molecule has 3 aromatic carbocycles. The summed E-state index contributed by atoms with van der Waals surface area (Å²) >= 11 is 6.18. The highest BCUT2D eigenvalue weighted by Gasteiger charge is 2.11. The molecular formula is C27H22ClN5O2. The zero-order valence-corrected chi connectivity index (χ0v) is 19.6. The van der Waals surface area contributed by atoms with Gasteiger partial charge in [0.1, 0.15) is 18.1 Å². The predicted octanol–water partition coefficient (Wildman–Crippen LogP) is 5.86. The van der Waals surface area contributed by atoms with E-state index in [2.05, 4.69) is 25.7 Å². The Kier molecular flexibility index (Phi) is 6.32. The lowest BCUT2D eigenvalue weighted by molar-refractivity contribution is 0.0950. The number of H-pyrrole nitrogens is 2. The number of carbonyl (C=O) groups excluding carboxylic acids is 1. The van der Waals surface area contributed by atoms with E-state index in [4.69, 9.17) is 16.3 Å². The molecule has 0 aliphatic carbocycles. The van der Waals surface area contributed by atoms with Crippen LogP contribution in [0.3, 0.4) is 0 Å². The first kappa shape index (κ1) is 22.4. The van der Waals surface area contributed by atoms with Gasteiger partial charge < -0.3 is 9.72 Å². The fraction of sp³-hybridized carbons (Fsp3) is 0.0741. The third-order valence-electron chi connectivity index (χ3n) is 5.63. The van der Waals surface area contributed by atoms with Crippen LogP contribution in [0.15, 0.2) is 84.0 Å². The molecule has 0 aliphatic rings. The van der Waals surface area contributed by atoms with Crippen LogP contribution in [-0.4, -0.2) is 27.3 Å². The molecule has 5 aromatic rings. The topological polar surface area (TPSA) is 95.2 Å². The van der Waals surface area contributed by atoms with Crippen molar-refractivity contribution in [3.05, 3.63) is 106 Å². The Labute approximate surface area is 206 Å². The van der Waals surface area contributed by atoms with E-state index in [0.29, 0.717) is 28.8 Å². The quantitative estimate of drug-likeness (QED) is 0.200. The number of hydrogen-bond acceptors (Lipinski definition) is 4. The van der Waals surface area contributed by atoms with Gasteiger partial charge in [0.15, 0.2) is 0 Å². The lowest BCUT2D eigenvalue weighted by atomic mass is 10.1. The summed E-state index contributed by atoms with van der Waals surface area (Å²) in [4.78, 5) is 15.8. The Bertz CT molecular complexity index is 1520. The number of aryl methyl sites for hydroxylation is 1. The fourth-order valence-electron chi connectivity index (χ4n) is 3.76. The first-order valence-corrected chi connectivity index (χ1v) is 11.4. The Balaban J connectivity index is 1.21. The number of aromatic nitrogens is 3. The largest absolute Gasteiger partial charge is 0.489 e. The van der Waals surface area contributed by atoms with E-state index < -0.39 is 0 Å². The molecule has 2 aromatic heterocycles. The van der Waals surface area contributed by atoms with Gasteiger partial charge in [0.05, 0.1) is 11.9 Å². The number of nitrogens with zero attached hydrogens (tertiary/aromatic N) is 2. The van der Waals surface area contributed by atoms with Crippen molar-refractivity contribution in [3.63, 3.8) is 0 Å². The van der Waals surface area contributed by atoms with Crippen molar-refractivity contribution in [2.24, 2.45) is 5.10 Å². The summed E-state index contributed by atoms with van der Waals surface area (Å²) in [5, 5.41) is 12.9. The number of halogens is 1. The van der Waals surface area contributed by atoms with E-state index in [-0.39, 0.29) is 5.91 Å². The van der Waals surface area contributed by atoms with E-state index in [0.717, 1.165) is 33.3 Å². The number of rotatable bonds is 7. The van der Waals surface area contributed by atoms with Crippen LogP contribution in [0.4, 0.5) is 0 Å². The van der Waals surface area contributed by atoms with Gasteiger partial charge in [0.25, 0.3) is 5.91 Å². The summed E-state index contributed by atoms with van der Waals surface area (Å²) in [5.74, 6) is 0.335. The highest BCUT2D eigenvalue weighted by atomic mass is 35.5. The molecule has 174 valence electrons. The second kappa shape index (κ2) is 9.87. The number of carbonyl (C=O) groups is 1. The average molecular weight is 484 g/mol. The van der Waals surface area contributed by atoms with Crippen LogP contribution < -0.4 is 10.2 Å². The van der Waals surface area contributed by atoms with Crippen LogP contribution in [0.2, 0.25) is 5.02 Å². The standard InChI is InChI=1S/C27H22ClN5O2/c1-17-22(21-7-3-5-9-24(21)30-17)15-29-33-27(34)26-14-25(31-32-26)18-10-12-20(13-11-18)35-16-19-6-2-4-8-23(19)28/h2-15,30H,16H2,1H3,(H,31,32)(H,33,34)/b29-15+. The maximum absolute atomic E-state index is 12.5. The van der Waals surface area contributed by atoms with Crippen LogP contribution in [0.1, 0.15) is 27.3 Å². The van der Waals surface area contributed by atoms with Crippen LogP contribution in [0, 0.1) is 6.92 Å². The molecule has 5 rings (SSSR count). The lowest BCUT2D eigenvalue weighted by Gasteiger charge is -2.08. The zero-order valence-electron chi connectivity index (χ0n) is 18.9. The summed E-state index contributed by atoms with van der Waals surface area (Å²) in [7, 11) is 0. The van der Waals surface area contributed by atoms with Crippen molar-refractivity contribution in [3.8, 4) is 17.0 Å². The molecule has 0 spiro atoms. The third kappa shape index (κ3) is 4.95. The SMILES string of the molecule is Cc1[nH]c2ccccc2c1/C=N/NC(=O)c1cc(-c2ccc(OCc3ccccc3Cl)cc2)n[nH]1. The second-order valence-electron chi connectivity index (χ2n) is 7.98. The maximum Gasteiger partial charge on any atom is 0.289 e. The van der Waals surface area contributed by atoms with Gasteiger partial charge in [-0.2, -0.15) is 10.2 Å². The average Bonchev–Trinajstić information content (AvgIpc) is 3.49. The maximum atomic E-state index is 12.5. The third-order valence-corrected chi connectivity index (χ3v) is 6.00. The van der Waals surface area contributed by atoms with Gasteiger partial charge in [-0.05, 0) is 49.4 Å². The molecule has 0 unspecified atom stereocenters. The number of hydrazone groups is 1. The molecule has 2 heterocycles. The number of hydrogen-bond donors (Lipinski definition) is 3. The zero-order chi connectivity index (χ0) is 24.2. The second-order valence-corrected chi connectivity index (χ2v) is 8.39. The molecule has 0 radical (unpaired) electrons. The Morgan fingerprint density at radius 2 is 1.86 bits per heavy atom. The number of aromatic amines is 2. The Morgan fingerprint density at radius 3 is 2.69 bits per heavy atom. The smallest absolute Gasteiger partial charge is 0.289 e. The summed E-state index contributed by atoms with van der Waals surface area (Å²) < 4.78 is 5.82. The molecule has 35 heavy (non-hydrogen) atoms. The molecule has 0 atom stereocenters. The van der Waals surface area contributed by atoms with Gasteiger partial charge in [0, 0.05) is 38.3 Å². The minimum Gasteiger partial charge on any atom is -0.489 e. The number of nitrogens with one attached hydrogen (secondary N) is 3. The van der Waals surface area contributed by atoms with Gasteiger partial charge in [-0.3, -0.25) is 9.89 Å². The van der Waals surface area contributed by atoms with E-state index in [1.807, 2.05) is 79.7 Å². The lowest BCUT2D eigenvalue weighted by Crippen LogP contribution is -2.18. The number of ether oxygens (including phenoxy) is 1. The van der Waals surface area contributed by atoms with Crippen LogP contribution in [0.25, 0.3) is 22.2 Å². The van der Waals surface area contributed by atoms with Gasteiger partial charge in [-0.1, -0.05) is 48.0 Å². The van der Waals surface area contributed by atoms with E-state index in [9.17, 15) is 4.79 Å². The normalized spacial score (nSPS) is 11.3. The van der Waals surface area contributed by atoms with Crippen molar-refractivity contribution in [1.29, 1.82) is 0 Å². The minimum atomic E-state index is -0.378. The molecule has 0 saturated carbocycles. The first-order chi connectivity index (χ1) is 17.1. The fourth-order valence-corrected chi connectivity index (χ4v) is 3.96. The number of para-hydroxylation sites is 1. The molecule has 3 N–H and O–H groups in total. The van der Waals surface area contributed by atoms with E-state index in [1.165, 1.54) is 0 Å². The molecule has 1 amide bonds. The first-order valence-electron chi connectivity index (χ1n) is 11.0. The molecule has 0 saturated heterocycles. The summed E-state index contributed by atoms with van der Waals surface area (Å²) in [6.07, 6.45) is 1.64. The monoisotopic (exact) mass is 483 g/mol. The van der Waals surface area contributed by atoms with Crippen LogP contribution in [0.5, 0.6) is 5.75 Å². The number of amides is 1. The van der Waals surface area contributed by atoms with Crippen LogP contribution in [-0.2, 0) is 6.61 Å². The molecule has 0 bridgehead atoms. The number of fused-ring (bicyclic) bond motifs is 1. The molecule has 0 fully saturated rings. The number of benzene rings is 3. The predicted molar refractivity (Wildman–Crippen MR) is 138 cm³/mol. The minimum absolute atomic E-state index is 0.312. The van der Waals surface area contributed by atoms with Crippen LogP contribution >= 0.6 is 11.6 Å². The molecule has 0 aliphatic heterocycles. The van der Waals surface area contributed by atoms with Gasteiger partial charge in [-0.25, -0.2) is 5.43 Å².